The Kier molecular flexibility index (Phi) is 3.98. The average molecular weight is 252 g/mol. The molecule has 1 aromatic heterocycles. The lowest BCUT2D eigenvalue weighted by atomic mass is 9.98. The van der Waals surface area contributed by atoms with Crippen molar-refractivity contribution in [1.29, 1.82) is 0 Å². The molecule has 1 aromatic rings. The first-order valence-electron chi connectivity index (χ1n) is 6.19. The fraction of sp³-hybridized carbons (Fsp3) is 0.667. The van der Waals surface area contributed by atoms with Gasteiger partial charge in [0.05, 0.1) is 23.9 Å². The van der Waals surface area contributed by atoms with Gasteiger partial charge in [0, 0.05) is 19.3 Å². The van der Waals surface area contributed by atoms with Crippen LogP contribution >= 0.6 is 0 Å². The van der Waals surface area contributed by atoms with Crippen molar-refractivity contribution in [1.82, 2.24) is 20.8 Å². The predicted molar refractivity (Wildman–Crippen MR) is 67.5 cm³/mol. The van der Waals surface area contributed by atoms with Gasteiger partial charge in [-0.2, -0.15) is 5.10 Å². The fourth-order valence-corrected chi connectivity index (χ4v) is 2.39. The van der Waals surface area contributed by atoms with E-state index in [0.717, 1.165) is 25.1 Å². The van der Waals surface area contributed by atoms with Crippen molar-refractivity contribution in [2.75, 3.05) is 26.8 Å². The van der Waals surface area contributed by atoms with Gasteiger partial charge in [-0.3, -0.25) is 9.89 Å². The highest BCUT2D eigenvalue weighted by Crippen LogP contribution is 2.19. The van der Waals surface area contributed by atoms with Crippen molar-refractivity contribution in [3.63, 3.8) is 0 Å². The zero-order valence-corrected chi connectivity index (χ0v) is 10.9. The number of aryl methyl sites for hydroxylation is 1. The van der Waals surface area contributed by atoms with Crippen molar-refractivity contribution in [3.8, 4) is 0 Å². The van der Waals surface area contributed by atoms with Crippen molar-refractivity contribution in [2.24, 2.45) is 0 Å². The van der Waals surface area contributed by atoms with Crippen LogP contribution < -0.4 is 10.6 Å². The van der Waals surface area contributed by atoms with Crippen molar-refractivity contribution in [3.05, 3.63) is 17.5 Å². The van der Waals surface area contributed by atoms with Crippen LogP contribution in [0.25, 0.3) is 0 Å². The van der Waals surface area contributed by atoms with E-state index >= 15 is 0 Å². The topological polar surface area (TPSA) is 79.0 Å². The molecule has 3 N–H and O–H groups in total. The molecular formula is C12H20N4O2. The number of hydrogen-bond donors (Lipinski definition) is 3. The number of nitrogens with one attached hydrogen (secondary N) is 3. The zero-order chi connectivity index (χ0) is 13.0. The number of carbonyl (C=O) groups is 1. The molecule has 1 aliphatic heterocycles. The van der Waals surface area contributed by atoms with Crippen LogP contribution in [-0.2, 0) is 4.74 Å². The lowest BCUT2D eigenvalue weighted by Gasteiger charge is -2.28. The van der Waals surface area contributed by atoms with Crippen LogP contribution in [0.5, 0.6) is 0 Å². The number of aromatic amines is 1. The molecule has 2 rings (SSSR count). The summed E-state index contributed by atoms with van der Waals surface area (Å²) in [5.74, 6) is -0.0922. The minimum Gasteiger partial charge on any atom is -0.383 e. The minimum atomic E-state index is -0.123. The Morgan fingerprint density at radius 3 is 3.06 bits per heavy atom. The van der Waals surface area contributed by atoms with Crippen molar-refractivity contribution < 1.29 is 9.53 Å². The van der Waals surface area contributed by atoms with Gasteiger partial charge >= 0.3 is 0 Å². The molecule has 0 radical (unpaired) electrons. The van der Waals surface area contributed by atoms with Crippen molar-refractivity contribution >= 4 is 5.91 Å². The number of methoxy groups -OCH3 is 1. The third-order valence-corrected chi connectivity index (χ3v) is 3.41. The first-order chi connectivity index (χ1) is 8.67. The SMILES string of the molecule is COCC1(CNC(=O)c2cn[nH]c2C)CCCN1. The van der Waals surface area contributed by atoms with Gasteiger partial charge in [-0.25, -0.2) is 0 Å². The summed E-state index contributed by atoms with van der Waals surface area (Å²) in [5, 5.41) is 13.0. The normalized spacial score (nSPS) is 23.2. The highest BCUT2D eigenvalue weighted by Gasteiger charge is 2.33. The van der Waals surface area contributed by atoms with Gasteiger partial charge in [-0.1, -0.05) is 0 Å². The number of amides is 1. The van der Waals surface area contributed by atoms with Crippen LogP contribution in [-0.4, -0.2) is 48.4 Å². The van der Waals surface area contributed by atoms with Crippen LogP contribution in [0.2, 0.25) is 0 Å². The quantitative estimate of drug-likeness (QED) is 0.700. The van der Waals surface area contributed by atoms with E-state index < -0.39 is 0 Å². The lowest BCUT2D eigenvalue weighted by molar-refractivity contribution is 0.0891. The van der Waals surface area contributed by atoms with Gasteiger partial charge < -0.3 is 15.4 Å². The molecule has 18 heavy (non-hydrogen) atoms. The summed E-state index contributed by atoms with van der Waals surface area (Å²) in [6.45, 7) is 3.99. The molecule has 1 unspecified atom stereocenters. The summed E-state index contributed by atoms with van der Waals surface area (Å²) < 4.78 is 5.24. The van der Waals surface area contributed by atoms with Crippen molar-refractivity contribution in [2.45, 2.75) is 25.3 Å². The Morgan fingerprint density at radius 1 is 1.67 bits per heavy atom. The predicted octanol–water partition coefficient (Wildman–Crippen LogP) is 0.217. The number of rotatable bonds is 5. The van der Waals surface area contributed by atoms with Crippen LogP contribution in [0.4, 0.5) is 0 Å². The molecule has 1 aliphatic rings. The molecule has 0 spiro atoms. The van der Waals surface area contributed by atoms with Crippen LogP contribution in [0.1, 0.15) is 28.9 Å². The first-order valence-corrected chi connectivity index (χ1v) is 6.19. The number of aromatic nitrogens is 2. The van der Waals surface area contributed by atoms with E-state index in [-0.39, 0.29) is 11.4 Å². The zero-order valence-electron chi connectivity index (χ0n) is 10.9. The molecule has 6 nitrogen and oxygen atoms in total. The summed E-state index contributed by atoms with van der Waals surface area (Å²) in [5.41, 5.74) is 1.26. The van der Waals surface area contributed by atoms with Gasteiger partial charge in [0.15, 0.2) is 0 Å². The van der Waals surface area contributed by atoms with E-state index in [1.165, 1.54) is 0 Å². The smallest absolute Gasteiger partial charge is 0.254 e. The van der Waals surface area contributed by atoms with Gasteiger partial charge in [0.2, 0.25) is 0 Å². The van der Waals surface area contributed by atoms with Crippen LogP contribution in [0.15, 0.2) is 6.20 Å². The molecule has 6 heteroatoms. The maximum absolute atomic E-state index is 12.0. The molecule has 0 saturated carbocycles. The molecule has 100 valence electrons. The third-order valence-electron chi connectivity index (χ3n) is 3.41. The van der Waals surface area contributed by atoms with Crippen LogP contribution in [0.3, 0.4) is 0 Å². The molecule has 1 atom stereocenters. The Labute approximate surface area is 106 Å². The van der Waals surface area contributed by atoms with E-state index in [4.69, 9.17) is 4.74 Å². The Morgan fingerprint density at radius 2 is 2.50 bits per heavy atom. The maximum atomic E-state index is 12.0. The third kappa shape index (κ3) is 2.70. The second-order valence-electron chi connectivity index (χ2n) is 4.84. The number of hydrogen-bond acceptors (Lipinski definition) is 4. The number of nitrogens with zero attached hydrogens (tertiary/aromatic N) is 1. The maximum Gasteiger partial charge on any atom is 0.254 e. The second kappa shape index (κ2) is 5.49. The highest BCUT2D eigenvalue weighted by molar-refractivity contribution is 5.94. The molecule has 0 aliphatic carbocycles. The van der Waals surface area contributed by atoms with Gasteiger partial charge in [-0.05, 0) is 26.3 Å². The standard InChI is InChI=1S/C12H20N4O2/c1-9-10(6-15-16-9)11(17)13-7-12(8-18-2)4-3-5-14-12/h6,14H,3-5,7-8H2,1-2H3,(H,13,17)(H,15,16). The molecule has 1 fully saturated rings. The number of carbonyl (C=O) groups excluding carboxylic acids is 1. The van der Waals surface area contributed by atoms with E-state index in [9.17, 15) is 4.79 Å². The Bertz CT molecular complexity index is 410. The molecule has 1 amide bonds. The molecule has 2 heterocycles. The van der Waals surface area contributed by atoms with E-state index in [0.29, 0.717) is 18.7 Å². The van der Waals surface area contributed by atoms with Gasteiger partial charge in [-0.15, -0.1) is 0 Å². The number of H-pyrrole nitrogens is 1. The van der Waals surface area contributed by atoms with E-state index in [2.05, 4.69) is 20.8 Å². The summed E-state index contributed by atoms with van der Waals surface area (Å²) in [6, 6.07) is 0. The largest absolute Gasteiger partial charge is 0.383 e. The molecule has 1 saturated heterocycles. The molecule has 0 bridgehead atoms. The fourth-order valence-electron chi connectivity index (χ4n) is 2.39. The van der Waals surface area contributed by atoms with Crippen LogP contribution in [0, 0.1) is 6.92 Å². The summed E-state index contributed by atoms with van der Waals surface area (Å²) >= 11 is 0. The van der Waals surface area contributed by atoms with E-state index in [1.807, 2.05) is 6.92 Å². The summed E-state index contributed by atoms with van der Waals surface area (Å²) in [6.07, 6.45) is 3.69. The molecular weight excluding hydrogens is 232 g/mol. The second-order valence-corrected chi connectivity index (χ2v) is 4.84. The lowest BCUT2D eigenvalue weighted by Crippen LogP contribution is -2.53. The Hall–Kier alpha value is -1.40. The van der Waals surface area contributed by atoms with Gasteiger partial charge in [0.25, 0.3) is 5.91 Å². The monoisotopic (exact) mass is 252 g/mol. The number of ether oxygens (including phenoxy) is 1. The average Bonchev–Trinajstić information content (AvgIpc) is 2.97. The Balaban J connectivity index is 1.94. The van der Waals surface area contributed by atoms with E-state index in [1.54, 1.807) is 13.3 Å². The highest BCUT2D eigenvalue weighted by atomic mass is 16.5. The first kappa shape index (κ1) is 13.0. The van der Waals surface area contributed by atoms with Gasteiger partial charge in [0.1, 0.15) is 0 Å². The molecule has 0 aromatic carbocycles. The summed E-state index contributed by atoms with van der Waals surface area (Å²) in [4.78, 5) is 12.0. The minimum absolute atomic E-state index is 0.0922. The summed E-state index contributed by atoms with van der Waals surface area (Å²) in [7, 11) is 1.68.